The molecule has 0 spiro atoms. The first-order valence-corrected chi connectivity index (χ1v) is 13.3. The van der Waals surface area contributed by atoms with E-state index in [2.05, 4.69) is 20.2 Å². The number of piperidine rings is 1. The van der Waals surface area contributed by atoms with E-state index in [1.54, 1.807) is 24.6 Å². The molecule has 0 unspecified atom stereocenters. The second-order valence-electron chi connectivity index (χ2n) is 8.63. The molecule has 0 radical (unpaired) electrons. The van der Waals surface area contributed by atoms with Crippen LogP contribution in [0.3, 0.4) is 0 Å². The van der Waals surface area contributed by atoms with E-state index in [0.29, 0.717) is 29.8 Å². The van der Waals surface area contributed by atoms with Crippen LogP contribution >= 0.6 is 11.8 Å². The molecule has 2 fully saturated rings. The number of alkyl halides is 3. The zero-order valence-corrected chi connectivity index (χ0v) is 19.9. The Morgan fingerprint density at radius 2 is 1.91 bits per heavy atom. The number of aliphatic hydroxyl groups is 1. The molecule has 11 heteroatoms. The molecule has 2 heterocycles. The highest BCUT2D eigenvalue weighted by Crippen LogP contribution is 2.39. The van der Waals surface area contributed by atoms with Crippen molar-refractivity contribution in [3.63, 3.8) is 0 Å². The van der Waals surface area contributed by atoms with Crippen LogP contribution in [-0.4, -0.2) is 56.3 Å². The predicted octanol–water partition coefficient (Wildman–Crippen LogP) is 4.54. The van der Waals surface area contributed by atoms with Crippen LogP contribution in [0.2, 0.25) is 0 Å². The number of halogens is 3. The third-order valence-electron chi connectivity index (χ3n) is 6.41. The summed E-state index contributed by atoms with van der Waals surface area (Å²) in [6, 6.07) is 6.63. The number of rotatable bonds is 7. The van der Waals surface area contributed by atoms with E-state index in [9.17, 15) is 22.5 Å². The van der Waals surface area contributed by atoms with Gasteiger partial charge in [-0.3, -0.25) is 4.21 Å². The van der Waals surface area contributed by atoms with Crippen molar-refractivity contribution in [2.24, 2.45) is 0 Å². The van der Waals surface area contributed by atoms with E-state index in [1.807, 2.05) is 0 Å². The number of nitrogens with zero attached hydrogens (tertiary/aromatic N) is 3. The smallest absolute Gasteiger partial charge is 0.394 e. The summed E-state index contributed by atoms with van der Waals surface area (Å²) in [4.78, 5) is 11.9. The van der Waals surface area contributed by atoms with Crippen LogP contribution in [0.4, 0.5) is 24.9 Å². The minimum absolute atomic E-state index is 0.00616. The van der Waals surface area contributed by atoms with Gasteiger partial charge in [0.15, 0.2) is 0 Å². The van der Waals surface area contributed by atoms with Crippen molar-refractivity contribution in [2.45, 2.75) is 58.9 Å². The molecule has 1 aliphatic carbocycles. The summed E-state index contributed by atoms with van der Waals surface area (Å²) in [6.45, 7) is 1.42. The van der Waals surface area contributed by atoms with Crippen molar-refractivity contribution in [3.05, 3.63) is 36.0 Å². The Hall–Kier alpha value is -1.85. The zero-order valence-electron chi connectivity index (χ0n) is 18.3. The summed E-state index contributed by atoms with van der Waals surface area (Å²) < 4.78 is 49.8. The second kappa shape index (κ2) is 9.79. The zero-order chi connectivity index (χ0) is 23.6. The first-order valence-electron chi connectivity index (χ1n) is 10.9. The van der Waals surface area contributed by atoms with E-state index < -0.39 is 21.8 Å². The summed E-state index contributed by atoms with van der Waals surface area (Å²) >= 11 is -0.0988. The van der Waals surface area contributed by atoms with E-state index in [0.717, 1.165) is 37.7 Å². The van der Waals surface area contributed by atoms with Gasteiger partial charge in [0, 0.05) is 24.2 Å². The van der Waals surface area contributed by atoms with Crippen molar-refractivity contribution in [1.29, 1.82) is 0 Å². The summed E-state index contributed by atoms with van der Waals surface area (Å²) in [5.41, 5.74) is -3.66. The van der Waals surface area contributed by atoms with E-state index in [1.165, 1.54) is 12.1 Å². The van der Waals surface area contributed by atoms with Crippen molar-refractivity contribution < 1.29 is 22.5 Å². The third-order valence-corrected chi connectivity index (χ3v) is 8.07. The van der Waals surface area contributed by atoms with Gasteiger partial charge in [-0.1, -0.05) is 12.1 Å². The van der Waals surface area contributed by atoms with Crippen molar-refractivity contribution in [3.8, 4) is 0 Å². The molecule has 33 heavy (non-hydrogen) atoms. The number of anilines is 2. The minimum atomic E-state index is -4.28. The van der Waals surface area contributed by atoms with Gasteiger partial charge >= 0.3 is 5.51 Å². The minimum Gasteiger partial charge on any atom is -0.394 e. The Kier molecular flexibility index (Phi) is 7.20. The van der Waals surface area contributed by atoms with E-state index >= 15 is 0 Å². The highest BCUT2D eigenvalue weighted by Gasteiger charge is 2.37. The molecule has 1 saturated carbocycles. The number of hydrogen-bond acceptors (Lipinski definition) is 7. The summed E-state index contributed by atoms with van der Waals surface area (Å²) in [7, 11) is -1.27. The first kappa shape index (κ1) is 24.3. The molecule has 2 aromatic rings. The van der Waals surface area contributed by atoms with Crippen molar-refractivity contribution in [1.82, 2.24) is 9.97 Å². The van der Waals surface area contributed by atoms with Crippen LogP contribution in [0.5, 0.6) is 0 Å². The molecule has 0 bridgehead atoms. The predicted molar refractivity (Wildman–Crippen MR) is 124 cm³/mol. The lowest BCUT2D eigenvalue weighted by Crippen LogP contribution is -2.48. The molecule has 0 amide bonds. The van der Waals surface area contributed by atoms with Crippen molar-refractivity contribution in [2.75, 3.05) is 36.2 Å². The number of nitrogens with one attached hydrogen (secondary N) is 1. The Balaban J connectivity index is 1.43. The van der Waals surface area contributed by atoms with Gasteiger partial charge in [-0.05, 0) is 67.5 Å². The lowest BCUT2D eigenvalue weighted by atomic mass is 9.77. The molecule has 180 valence electrons. The maximum absolute atomic E-state index is 12.5. The Morgan fingerprint density at radius 1 is 1.24 bits per heavy atom. The van der Waals surface area contributed by atoms with Crippen molar-refractivity contribution >= 4 is 34.3 Å². The molecular formula is C22H27F3N4O2S2. The van der Waals surface area contributed by atoms with Gasteiger partial charge in [0.25, 0.3) is 0 Å². The topological polar surface area (TPSA) is 78.4 Å². The van der Waals surface area contributed by atoms with Gasteiger partial charge in [0.1, 0.15) is 5.82 Å². The molecule has 1 saturated heterocycles. The maximum Gasteiger partial charge on any atom is 0.446 e. The number of aliphatic hydroxyl groups excluding tert-OH is 1. The van der Waals surface area contributed by atoms with Crippen LogP contribution in [0.1, 0.15) is 43.6 Å². The highest BCUT2D eigenvalue weighted by atomic mass is 32.2. The Labute approximate surface area is 197 Å². The number of aromatic nitrogens is 2. The van der Waals surface area contributed by atoms with Gasteiger partial charge in [0.05, 0.1) is 34.0 Å². The largest absolute Gasteiger partial charge is 0.446 e. The monoisotopic (exact) mass is 500 g/mol. The number of hydrogen-bond donors (Lipinski definition) is 2. The fourth-order valence-electron chi connectivity index (χ4n) is 4.35. The maximum atomic E-state index is 12.5. The average Bonchev–Trinajstić information content (AvgIpc) is 2.75. The van der Waals surface area contributed by atoms with Gasteiger partial charge in [0.2, 0.25) is 5.95 Å². The Bertz CT molecular complexity index is 987. The van der Waals surface area contributed by atoms with Gasteiger partial charge in [-0.25, -0.2) is 4.98 Å². The molecule has 1 aromatic carbocycles. The number of benzene rings is 1. The average molecular weight is 501 g/mol. The standard InChI is InChI=1S/C22H27F3N4O2S2/c1-33(31)18-13-26-20(27-19(18)28-21(14-30)9-2-10-21)29-11-7-16(8-12-29)15-3-5-17(6-4-15)32-22(23,24)25/h3-6,13,16,30H,2,7-12,14H2,1H3,(H,26,27,28)/t33-/m0/s1. The quantitative estimate of drug-likeness (QED) is 0.541. The second-order valence-corrected chi connectivity index (χ2v) is 11.1. The van der Waals surface area contributed by atoms with E-state index in [-0.39, 0.29) is 29.2 Å². The molecule has 1 atom stereocenters. The third kappa shape index (κ3) is 5.81. The van der Waals surface area contributed by atoms with E-state index in [4.69, 9.17) is 0 Å². The Morgan fingerprint density at radius 3 is 2.42 bits per heavy atom. The van der Waals surface area contributed by atoms with Crippen LogP contribution in [0.15, 0.2) is 40.3 Å². The molecule has 1 aliphatic heterocycles. The number of thioether (sulfide) groups is 1. The van der Waals surface area contributed by atoms with Crippen LogP contribution < -0.4 is 10.2 Å². The van der Waals surface area contributed by atoms with Gasteiger partial charge < -0.3 is 15.3 Å². The fraction of sp³-hybridized carbons (Fsp3) is 0.545. The highest BCUT2D eigenvalue weighted by molar-refractivity contribution is 8.00. The summed E-state index contributed by atoms with van der Waals surface area (Å²) in [6.07, 6.45) is 7.54. The van der Waals surface area contributed by atoms with Crippen LogP contribution in [0.25, 0.3) is 0 Å². The molecule has 2 N–H and O–H groups in total. The lowest BCUT2D eigenvalue weighted by Gasteiger charge is -2.41. The van der Waals surface area contributed by atoms with Crippen LogP contribution in [0, 0.1) is 0 Å². The van der Waals surface area contributed by atoms with Crippen LogP contribution in [-0.2, 0) is 10.8 Å². The first-order chi connectivity index (χ1) is 15.7. The summed E-state index contributed by atoms with van der Waals surface area (Å²) in [5, 5.41) is 13.1. The SMILES string of the molecule is C[S@](=O)c1cnc(N2CCC(c3ccc(SC(F)(F)F)cc3)CC2)nc1NC1(CO)CCC1. The molecule has 2 aliphatic rings. The normalized spacial score (nSPS) is 19.7. The lowest BCUT2D eigenvalue weighted by molar-refractivity contribution is -0.0328. The molecule has 6 nitrogen and oxygen atoms in total. The summed E-state index contributed by atoms with van der Waals surface area (Å²) in [5.74, 6) is 1.32. The van der Waals surface area contributed by atoms with Gasteiger partial charge in [-0.15, -0.1) is 0 Å². The fourth-order valence-corrected chi connectivity index (χ4v) is 5.46. The molecular weight excluding hydrogens is 473 g/mol. The molecule has 1 aromatic heterocycles. The molecule has 4 rings (SSSR count). The van der Waals surface area contributed by atoms with Gasteiger partial charge in [-0.2, -0.15) is 18.2 Å².